The molecule has 0 aliphatic rings. The van der Waals surface area contributed by atoms with Crippen molar-refractivity contribution in [3.8, 4) is 0 Å². The van der Waals surface area contributed by atoms with E-state index in [-0.39, 0.29) is 4.90 Å². The van der Waals surface area contributed by atoms with Crippen LogP contribution in [0.1, 0.15) is 0 Å². The summed E-state index contributed by atoms with van der Waals surface area (Å²) in [7, 11) is -2.34. The molecule has 20 heavy (non-hydrogen) atoms. The first-order valence-corrected chi connectivity index (χ1v) is 8.08. The number of aromatic nitrogens is 1. The van der Waals surface area contributed by atoms with Crippen LogP contribution in [0.25, 0.3) is 0 Å². The lowest BCUT2D eigenvalue weighted by atomic mass is 10.3. The minimum atomic E-state index is -3.75. The fourth-order valence-electron chi connectivity index (χ4n) is 1.61. The van der Waals surface area contributed by atoms with Crippen LogP contribution in [0.2, 0.25) is 5.02 Å². The van der Waals surface area contributed by atoms with E-state index in [1.54, 1.807) is 12.1 Å². The van der Waals surface area contributed by atoms with Gasteiger partial charge in [0.05, 0.1) is 11.4 Å². The van der Waals surface area contributed by atoms with Crippen LogP contribution >= 0.6 is 27.5 Å². The van der Waals surface area contributed by atoms with Crippen LogP contribution in [-0.4, -0.2) is 20.4 Å². The summed E-state index contributed by atoms with van der Waals surface area (Å²) in [6.07, 6.45) is 2.78. The first-order valence-electron chi connectivity index (χ1n) is 5.47. The summed E-state index contributed by atoms with van der Waals surface area (Å²) in [5.41, 5.74) is 6.45. The Labute approximate surface area is 130 Å². The number of benzene rings is 1. The number of hydrogen-bond donors (Lipinski definition) is 1. The highest BCUT2D eigenvalue weighted by molar-refractivity contribution is 9.10. The molecule has 1 heterocycles. The zero-order chi connectivity index (χ0) is 14.9. The zero-order valence-electron chi connectivity index (χ0n) is 10.4. The second kappa shape index (κ2) is 5.59. The Bertz CT molecular complexity index is 752. The summed E-state index contributed by atoms with van der Waals surface area (Å²) in [5.74, 6) is 0. The molecule has 0 amide bonds. The Hall–Kier alpha value is -1.31. The number of pyridine rings is 1. The van der Waals surface area contributed by atoms with Crippen molar-refractivity contribution in [1.82, 2.24) is 4.98 Å². The molecule has 0 unspecified atom stereocenters. The van der Waals surface area contributed by atoms with E-state index in [0.29, 0.717) is 20.9 Å². The molecule has 106 valence electrons. The molecule has 2 rings (SSSR count). The third kappa shape index (κ3) is 2.89. The molecule has 0 saturated carbocycles. The van der Waals surface area contributed by atoms with E-state index in [4.69, 9.17) is 17.3 Å². The van der Waals surface area contributed by atoms with Crippen molar-refractivity contribution in [3.63, 3.8) is 0 Å². The minimum Gasteiger partial charge on any atom is -0.397 e. The lowest BCUT2D eigenvalue weighted by molar-refractivity contribution is 0.594. The van der Waals surface area contributed by atoms with Gasteiger partial charge in [0.1, 0.15) is 4.90 Å². The van der Waals surface area contributed by atoms with E-state index in [0.717, 1.165) is 4.31 Å². The summed E-state index contributed by atoms with van der Waals surface area (Å²) >= 11 is 9.08. The third-order valence-corrected chi connectivity index (χ3v) is 5.08. The van der Waals surface area contributed by atoms with Gasteiger partial charge in [-0.1, -0.05) is 11.6 Å². The van der Waals surface area contributed by atoms with E-state index in [1.165, 1.54) is 31.6 Å². The highest BCUT2D eigenvalue weighted by atomic mass is 79.9. The summed E-state index contributed by atoms with van der Waals surface area (Å²) < 4.78 is 26.7. The molecule has 0 atom stereocenters. The standard InChI is InChI=1S/C12H11BrClN3O2S/c1-17(12-5-9(14)2-3-11(12)15)20(18,19)10-4-8(13)6-16-7-10/h2-7H,15H2,1H3. The predicted molar refractivity (Wildman–Crippen MR) is 83.4 cm³/mol. The van der Waals surface area contributed by atoms with Gasteiger partial charge in [-0.2, -0.15) is 0 Å². The fraction of sp³-hybridized carbons (Fsp3) is 0.0833. The van der Waals surface area contributed by atoms with Crippen molar-refractivity contribution >= 4 is 48.9 Å². The van der Waals surface area contributed by atoms with Crippen LogP contribution in [0.5, 0.6) is 0 Å². The van der Waals surface area contributed by atoms with E-state index in [2.05, 4.69) is 20.9 Å². The topological polar surface area (TPSA) is 76.3 Å². The van der Waals surface area contributed by atoms with Crippen molar-refractivity contribution in [2.45, 2.75) is 4.90 Å². The van der Waals surface area contributed by atoms with Gasteiger partial charge in [-0.3, -0.25) is 9.29 Å². The second-order valence-electron chi connectivity index (χ2n) is 4.01. The predicted octanol–water partition coefficient (Wildman–Crippen LogP) is 2.90. The van der Waals surface area contributed by atoms with Crippen molar-refractivity contribution in [1.29, 1.82) is 0 Å². The van der Waals surface area contributed by atoms with Crippen LogP contribution < -0.4 is 10.0 Å². The number of halogens is 2. The molecular formula is C12H11BrClN3O2S. The van der Waals surface area contributed by atoms with E-state index >= 15 is 0 Å². The van der Waals surface area contributed by atoms with Gasteiger partial charge in [0.2, 0.25) is 0 Å². The van der Waals surface area contributed by atoms with E-state index < -0.39 is 10.0 Å². The SMILES string of the molecule is CN(c1cc(Cl)ccc1N)S(=O)(=O)c1cncc(Br)c1. The summed E-state index contributed by atoms with van der Waals surface area (Å²) in [4.78, 5) is 3.92. The average molecular weight is 377 g/mol. The Kier molecular flexibility index (Phi) is 4.22. The maximum atomic E-state index is 12.5. The minimum absolute atomic E-state index is 0.0637. The van der Waals surface area contributed by atoms with Crippen molar-refractivity contribution < 1.29 is 8.42 Å². The molecule has 0 aliphatic carbocycles. The average Bonchev–Trinajstić information content (AvgIpc) is 2.40. The molecule has 2 aromatic rings. The number of nitrogen functional groups attached to an aromatic ring is 1. The molecule has 0 aliphatic heterocycles. The Morgan fingerprint density at radius 3 is 2.65 bits per heavy atom. The normalized spacial score (nSPS) is 11.3. The summed E-state index contributed by atoms with van der Waals surface area (Å²) in [5, 5.41) is 0.406. The van der Waals surface area contributed by atoms with Gasteiger partial charge in [-0.05, 0) is 40.2 Å². The Balaban J connectivity index is 2.51. The molecule has 8 heteroatoms. The highest BCUT2D eigenvalue weighted by Crippen LogP contribution is 2.30. The molecule has 0 radical (unpaired) electrons. The second-order valence-corrected chi connectivity index (χ2v) is 7.34. The first-order chi connectivity index (χ1) is 9.32. The number of sulfonamides is 1. The van der Waals surface area contributed by atoms with Gasteiger partial charge in [0, 0.05) is 28.9 Å². The monoisotopic (exact) mass is 375 g/mol. The number of anilines is 2. The van der Waals surface area contributed by atoms with Crippen LogP contribution in [0.3, 0.4) is 0 Å². The lowest BCUT2D eigenvalue weighted by Crippen LogP contribution is -2.27. The zero-order valence-corrected chi connectivity index (χ0v) is 13.6. The van der Waals surface area contributed by atoms with Crippen LogP contribution in [0, 0.1) is 0 Å². The number of hydrogen-bond acceptors (Lipinski definition) is 4. The van der Waals surface area contributed by atoms with Crippen LogP contribution in [0.15, 0.2) is 46.0 Å². The Morgan fingerprint density at radius 2 is 2.00 bits per heavy atom. The maximum absolute atomic E-state index is 12.5. The largest absolute Gasteiger partial charge is 0.397 e. The molecule has 2 N–H and O–H groups in total. The molecule has 5 nitrogen and oxygen atoms in total. The molecule has 0 bridgehead atoms. The van der Waals surface area contributed by atoms with Gasteiger partial charge < -0.3 is 5.73 Å². The number of rotatable bonds is 3. The summed E-state index contributed by atoms with van der Waals surface area (Å²) in [6.45, 7) is 0. The molecule has 1 aromatic heterocycles. The van der Waals surface area contributed by atoms with Crippen LogP contribution in [-0.2, 0) is 10.0 Å². The van der Waals surface area contributed by atoms with Crippen LogP contribution in [0.4, 0.5) is 11.4 Å². The van der Waals surface area contributed by atoms with Crippen molar-refractivity contribution in [3.05, 3.63) is 46.2 Å². The lowest BCUT2D eigenvalue weighted by Gasteiger charge is -2.21. The van der Waals surface area contributed by atoms with Gasteiger partial charge in [0.25, 0.3) is 10.0 Å². The van der Waals surface area contributed by atoms with Crippen molar-refractivity contribution in [2.24, 2.45) is 0 Å². The van der Waals surface area contributed by atoms with Gasteiger partial charge >= 0.3 is 0 Å². The van der Waals surface area contributed by atoms with Gasteiger partial charge in [0.15, 0.2) is 0 Å². The van der Waals surface area contributed by atoms with E-state index in [9.17, 15) is 8.42 Å². The number of nitrogens with two attached hydrogens (primary N) is 1. The molecular weight excluding hydrogens is 366 g/mol. The fourth-order valence-corrected chi connectivity index (χ4v) is 3.50. The molecule has 0 spiro atoms. The molecule has 0 saturated heterocycles. The van der Waals surface area contributed by atoms with E-state index in [1.807, 2.05) is 0 Å². The molecule has 0 fully saturated rings. The third-order valence-electron chi connectivity index (χ3n) is 2.67. The quantitative estimate of drug-likeness (QED) is 0.836. The first kappa shape index (κ1) is 15.1. The Morgan fingerprint density at radius 1 is 1.30 bits per heavy atom. The molecule has 1 aromatic carbocycles. The smallest absolute Gasteiger partial charge is 0.265 e. The van der Waals surface area contributed by atoms with Gasteiger partial charge in [-0.25, -0.2) is 8.42 Å². The highest BCUT2D eigenvalue weighted by Gasteiger charge is 2.23. The summed E-state index contributed by atoms with van der Waals surface area (Å²) in [6, 6.07) is 6.13. The number of nitrogens with zero attached hydrogens (tertiary/aromatic N) is 2. The van der Waals surface area contributed by atoms with Gasteiger partial charge in [-0.15, -0.1) is 0 Å². The maximum Gasteiger partial charge on any atom is 0.265 e. The van der Waals surface area contributed by atoms with Crippen molar-refractivity contribution in [2.75, 3.05) is 17.1 Å².